The number of nitrogens with one attached hydrogen (secondary N) is 1. The SMILES string of the molecule is CC(NC(=O)COc1ccc(OCc2ccccc2)cc1)C(C)N1CCOCC1. The van der Waals surface area contributed by atoms with E-state index in [2.05, 4.69) is 17.1 Å². The fourth-order valence-corrected chi connectivity index (χ4v) is 3.24. The van der Waals surface area contributed by atoms with E-state index in [1.54, 1.807) is 0 Å². The van der Waals surface area contributed by atoms with Gasteiger partial charge in [-0.25, -0.2) is 0 Å². The van der Waals surface area contributed by atoms with Gasteiger partial charge in [0.1, 0.15) is 18.1 Å². The fourth-order valence-electron chi connectivity index (χ4n) is 3.24. The van der Waals surface area contributed by atoms with E-state index in [1.807, 2.05) is 61.5 Å². The Morgan fingerprint density at radius 3 is 2.28 bits per heavy atom. The van der Waals surface area contributed by atoms with Crippen molar-refractivity contribution in [1.82, 2.24) is 10.2 Å². The summed E-state index contributed by atoms with van der Waals surface area (Å²) >= 11 is 0. The molecule has 1 N–H and O–H groups in total. The first-order chi connectivity index (χ1) is 14.1. The van der Waals surface area contributed by atoms with Gasteiger partial charge >= 0.3 is 0 Å². The summed E-state index contributed by atoms with van der Waals surface area (Å²) in [6.45, 7) is 7.96. The number of hydrogen-bond acceptors (Lipinski definition) is 5. The van der Waals surface area contributed by atoms with Gasteiger partial charge < -0.3 is 19.5 Å². The van der Waals surface area contributed by atoms with Crippen molar-refractivity contribution in [2.45, 2.75) is 32.5 Å². The van der Waals surface area contributed by atoms with Crippen molar-refractivity contribution in [3.8, 4) is 11.5 Å². The lowest BCUT2D eigenvalue weighted by atomic mass is 10.1. The molecule has 29 heavy (non-hydrogen) atoms. The van der Waals surface area contributed by atoms with E-state index in [-0.39, 0.29) is 24.6 Å². The van der Waals surface area contributed by atoms with E-state index in [0.717, 1.165) is 37.6 Å². The smallest absolute Gasteiger partial charge is 0.258 e. The molecule has 1 fully saturated rings. The minimum absolute atomic E-state index is 0.00953. The van der Waals surface area contributed by atoms with Crippen LogP contribution in [0.3, 0.4) is 0 Å². The number of carbonyl (C=O) groups excluding carboxylic acids is 1. The second kappa shape index (κ2) is 10.8. The van der Waals surface area contributed by atoms with Crippen LogP contribution in [0.4, 0.5) is 0 Å². The molecule has 0 aliphatic carbocycles. The number of amides is 1. The van der Waals surface area contributed by atoms with Crippen LogP contribution >= 0.6 is 0 Å². The van der Waals surface area contributed by atoms with Gasteiger partial charge in [-0.1, -0.05) is 30.3 Å². The van der Waals surface area contributed by atoms with Crippen molar-refractivity contribution in [3.05, 3.63) is 60.2 Å². The molecule has 1 aliphatic heterocycles. The monoisotopic (exact) mass is 398 g/mol. The van der Waals surface area contributed by atoms with E-state index < -0.39 is 0 Å². The Kier molecular flexibility index (Phi) is 7.90. The fraction of sp³-hybridized carbons (Fsp3) is 0.435. The van der Waals surface area contributed by atoms with Crippen LogP contribution in [0.25, 0.3) is 0 Å². The largest absolute Gasteiger partial charge is 0.489 e. The molecular formula is C23H30N2O4. The summed E-state index contributed by atoms with van der Waals surface area (Å²) in [5.41, 5.74) is 1.12. The molecule has 1 amide bonds. The zero-order valence-corrected chi connectivity index (χ0v) is 17.2. The average molecular weight is 399 g/mol. The average Bonchev–Trinajstić information content (AvgIpc) is 2.77. The third-order valence-corrected chi connectivity index (χ3v) is 5.18. The van der Waals surface area contributed by atoms with Gasteiger partial charge in [0.2, 0.25) is 0 Å². The van der Waals surface area contributed by atoms with Crippen molar-refractivity contribution >= 4 is 5.91 Å². The van der Waals surface area contributed by atoms with Crippen LogP contribution in [0.5, 0.6) is 11.5 Å². The van der Waals surface area contributed by atoms with Crippen LogP contribution in [0.15, 0.2) is 54.6 Å². The molecule has 0 radical (unpaired) electrons. The molecule has 2 atom stereocenters. The molecule has 6 nitrogen and oxygen atoms in total. The molecule has 2 aromatic rings. The normalized spacial score (nSPS) is 16.6. The van der Waals surface area contributed by atoms with Crippen molar-refractivity contribution in [2.24, 2.45) is 0 Å². The Bertz CT molecular complexity index is 745. The maximum absolute atomic E-state index is 12.2. The number of benzene rings is 2. The highest BCUT2D eigenvalue weighted by Crippen LogP contribution is 2.18. The minimum atomic E-state index is -0.123. The molecule has 0 spiro atoms. The summed E-state index contributed by atoms with van der Waals surface area (Å²) in [5.74, 6) is 1.28. The van der Waals surface area contributed by atoms with Crippen molar-refractivity contribution in [1.29, 1.82) is 0 Å². The predicted molar refractivity (Wildman–Crippen MR) is 112 cm³/mol. The molecule has 156 valence electrons. The van der Waals surface area contributed by atoms with Gasteiger partial charge in [-0.15, -0.1) is 0 Å². The molecular weight excluding hydrogens is 368 g/mol. The van der Waals surface area contributed by atoms with Crippen molar-refractivity contribution in [3.63, 3.8) is 0 Å². The highest BCUT2D eigenvalue weighted by Gasteiger charge is 2.23. The Labute approximate surface area is 172 Å². The molecule has 1 saturated heterocycles. The first-order valence-electron chi connectivity index (χ1n) is 10.1. The van der Waals surface area contributed by atoms with Crippen LogP contribution in [0.2, 0.25) is 0 Å². The number of morpholine rings is 1. The van der Waals surface area contributed by atoms with E-state index >= 15 is 0 Å². The van der Waals surface area contributed by atoms with Gasteiger partial charge in [-0.3, -0.25) is 9.69 Å². The minimum Gasteiger partial charge on any atom is -0.489 e. The van der Waals surface area contributed by atoms with Gasteiger partial charge in [0.05, 0.1) is 13.2 Å². The zero-order chi connectivity index (χ0) is 20.5. The summed E-state index contributed by atoms with van der Waals surface area (Å²) in [6.07, 6.45) is 0. The highest BCUT2D eigenvalue weighted by molar-refractivity contribution is 5.77. The highest BCUT2D eigenvalue weighted by atomic mass is 16.5. The van der Waals surface area contributed by atoms with Gasteiger partial charge in [0.15, 0.2) is 6.61 Å². The van der Waals surface area contributed by atoms with E-state index in [1.165, 1.54) is 0 Å². The number of nitrogens with zero attached hydrogens (tertiary/aromatic N) is 1. The second-order valence-corrected chi connectivity index (χ2v) is 7.28. The number of hydrogen-bond donors (Lipinski definition) is 1. The Morgan fingerprint density at radius 2 is 1.62 bits per heavy atom. The Hall–Kier alpha value is -2.57. The topological polar surface area (TPSA) is 60.0 Å². The molecule has 0 aromatic heterocycles. The number of ether oxygens (including phenoxy) is 3. The van der Waals surface area contributed by atoms with Crippen LogP contribution in [0.1, 0.15) is 19.4 Å². The Morgan fingerprint density at radius 1 is 1.00 bits per heavy atom. The molecule has 3 rings (SSSR count). The lowest BCUT2D eigenvalue weighted by molar-refractivity contribution is -0.124. The maximum atomic E-state index is 12.2. The van der Waals surface area contributed by atoms with Crippen LogP contribution < -0.4 is 14.8 Å². The van der Waals surface area contributed by atoms with Gasteiger partial charge in [-0.2, -0.15) is 0 Å². The molecule has 6 heteroatoms. The van der Waals surface area contributed by atoms with Crippen molar-refractivity contribution in [2.75, 3.05) is 32.9 Å². The molecule has 2 unspecified atom stereocenters. The number of rotatable bonds is 9. The lowest BCUT2D eigenvalue weighted by Gasteiger charge is -2.35. The summed E-state index contributed by atoms with van der Waals surface area (Å²) in [5, 5.41) is 3.03. The van der Waals surface area contributed by atoms with Crippen LogP contribution in [-0.2, 0) is 16.1 Å². The second-order valence-electron chi connectivity index (χ2n) is 7.28. The third kappa shape index (κ3) is 6.76. The summed E-state index contributed by atoms with van der Waals surface area (Å²) < 4.78 is 16.8. The van der Waals surface area contributed by atoms with Gasteiger partial charge in [0, 0.05) is 25.2 Å². The van der Waals surface area contributed by atoms with Crippen molar-refractivity contribution < 1.29 is 19.0 Å². The first kappa shape index (κ1) is 21.1. The van der Waals surface area contributed by atoms with Gasteiger partial charge in [0.25, 0.3) is 5.91 Å². The zero-order valence-electron chi connectivity index (χ0n) is 17.2. The maximum Gasteiger partial charge on any atom is 0.258 e. The molecule has 0 bridgehead atoms. The molecule has 1 heterocycles. The lowest BCUT2D eigenvalue weighted by Crippen LogP contribution is -2.52. The number of carbonyl (C=O) groups is 1. The quantitative estimate of drug-likeness (QED) is 0.704. The Balaban J connectivity index is 1.39. The first-order valence-corrected chi connectivity index (χ1v) is 10.1. The predicted octanol–water partition coefficient (Wildman–Crippen LogP) is 2.87. The van der Waals surface area contributed by atoms with Crippen LogP contribution in [0, 0.1) is 0 Å². The molecule has 2 aromatic carbocycles. The van der Waals surface area contributed by atoms with E-state index in [4.69, 9.17) is 14.2 Å². The molecule has 1 aliphatic rings. The van der Waals surface area contributed by atoms with E-state index in [9.17, 15) is 4.79 Å². The summed E-state index contributed by atoms with van der Waals surface area (Å²) in [4.78, 5) is 14.6. The standard InChI is InChI=1S/C23H30N2O4/c1-18(19(2)25-12-14-27-15-13-25)24-23(26)17-29-22-10-8-21(9-11-22)28-16-20-6-4-3-5-7-20/h3-11,18-19H,12-17H2,1-2H3,(H,24,26). The summed E-state index contributed by atoms with van der Waals surface area (Å²) in [7, 11) is 0. The van der Waals surface area contributed by atoms with Crippen LogP contribution in [-0.4, -0.2) is 55.8 Å². The van der Waals surface area contributed by atoms with E-state index in [0.29, 0.717) is 12.4 Å². The summed E-state index contributed by atoms with van der Waals surface area (Å²) in [6, 6.07) is 17.6. The van der Waals surface area contributed by atoms with Gasteiger partial charge in [-0.05, 0) is 43.7 Å². The third-order valence-electron chi connectivity index (χ3n) is 5.18. The molecule has 0 saturated carbocycles.